The van der Waals surface area contributed by atoms with Gasteiger partial charge in [-0.25, -0.2) is 0 Å². The highest BCUT2D eigenvalue weighted by Gasteiger charge is 2.19. The Morgan fingerprint density at radius 1 is 0.262 bits per heavy atom. The third kappa shape index (κ3) is 49.3. The summed E-state index contributed by atoms with van der Waals surface area (Å²) in [4.78, 5) is 37.9. The van der Waals surface area contributed by atoms with Crippen molar-refractivity contribution in [2.45, 2.75) is 322 Å². The Morgan fingerprint density at radius 2 is 0.443 bits per heavy atom. The lowest BCUT2D eigenvalue weighted by molar-refractivity contribution is -0.167. The SMILES string of the molecule is CCCCCCCCCCCCCCCCCCCCC(=O)OC[C@@H](COC(=O)CCCCCCCCCCCCCCCCCC)OC(=O)CCCCCCCCCCC. The van der Waals surface area contributed by atoms with E-state index in [1.165, 1.54) is 218 Å². The molecule has 0 aliphatic heterocycles. The van der Waals surface area contributed by atoms with Crippen LogP contribution in [0.25, 0.3) is 0 Å². The minimum atomic E-state index is -0.759. The fourth-order valence-electron chi connectivity index (χ4n) is 8.45. The first-order valence-corrected chi connectivity index (χ1v) is 27.5. The standard InChI is InChI=1S/C55H106O6/c1-4-7-10-13-16-19-21-23-25-27-28-30-32-34-37-39-42-45-48-54(57)60-51-52(61-55(58)49-46-43-40-35-18-15-12-9-6-3)50-59-53(56)47-44-41-38-36-33-31-29-26-24-22-20-17-14-11-8-5-2/h52H,4-51H2,1-3H3/t52-/m1/s1. The third-order valence-corrected chi connectivity index (χ3v) is 12.6. The second-order valence-corrected chi connectivity index (χ2v) is 18.9. The van der Waals surface area contributed by atoms with Gasteiger partial charge in [-0.05, 0) is 19.3 Å². The molecule has 0 saturated carbocycles. The molecule has 0 heterocycles. The van der Waals surface area contributed by atoms with E-state index in [4.69, 9.17) is 14.2 Å². The van der Waals surface area contributed by atoms with Crippen LogP contribution in [0.15, 0.2) is 0 Å². The Kier molecular flexibility index (Phi) is 49.7. The molecule has 0 unspecified atom stereocenters. The van der Waals surface area contributed by atoms with Gasteiger partial charge in [0.15, 0.2) is 6.10 Å². The Morgan fingerprint density at radius 3 is 0.656 bits per heavy atom. The van der Waals surface area contributed by atoms with Crippen molar-refractivity contribution in [1.29, 1.82) is 0 Å². The molecule has 0 fully saturated rings. The van der Waals surface area contributed by atoms with Crippen molar-refractivity contribution < 1.29 is 28.6 Å². The smallest absolute Gasteiger partial charge is 0.306 e. The van der Waals surface area contributed by atoms with E-state index in [1.54, 1.807) is 0 Å². The van der Waals surface area contributed by atoms with E-state index in [1.807, 2.05) is 0 Å². The van der Waals surface area contributed by atoms with Crippen molar-refractivity contribution in [1.82, 2.24) is 0 Å². The van der Waals surface area contributed by atoms with E-state index in [0.29, 0.717) is 19.3 Å². The van der Waals surface area contributed by atoms with Crippen LogP contribution in [0.3, 0.4) is 0 Å². The lowest BCUT2D eigenvalue weighted by Gasteiger charge is -2.18. The highest BCUT2D eigenvalue weighted by Crippen LogP contribution is 2.17. The predicted molar refractivity (Wildman–Crippen MR) is 261 cm³/mol. The van der Waals surface area contributed by atoms with Crippen molar-refractivity contribution in [2.24, 2.45) is 0 Å². The molecule has 6 heteroatoms. The molecule has 362 valence electrons. The molecular weight excluding hydrogens is 757 g/mol. The molecule has 1 atom stereocenters. The van der Waals surface area contributed by atoms with Crippen LogP contribution in [-0.4, -0.2) is 37.2 Å². The topological polar surface area (TPSA) is 78.9 Å². The van der Waals surface area contributed by atoms with Gasteiger partial charge in [-0.15, -0.1) is 0 Å². The lowest BCUT2D eigenvalue weighted by atomic mass is 10.0. The summed E-state index contributed by atoms with van der Waals surface area (Å²) in [6.45, 7) is 6.68. The number of unbranched alkanes of at least 4 members (excludes halogenated alkanes) is 40. The first-order valence-electron chi connectivity index (χ1n) is 27.5. The Labute approximate surface area is 380 Å². The zero-order valence-corrected chi connectivity index (χ0v) is 41.5. The van der Waals surface area contributed by atoms with Gasteiger partial charge in [-0.3, -0.25) is 14.4 Å². The average Bonchev–Trinajstić information content (AvgIpc) is 3.26. The molecule has 0 aromatic rings. The Bertz CT molecular complexity index is 905. The number of carbonyl (C=O) groups excluding carboxylic acids is 3. The number of hydrogen-bond donors (Lipinski definition) is 0. The zero-order valence-electron chi connectivity index (χ0n) is 41.5. The minimum Gasteiger partial charge on any atom is -0.462 e. The molecule has 0 aliphatic carbocycles. The number of hydrogen-bond acceptors (Lipinski definition) is 6. The van der Waals surface area contributed by atoms with Crippen LogP contribution in [0.5, 0.6) is 0 Å². The maximum absolute atomic E-state index is 12.7. The normalized spacial score (nSPS) is 11.9. The lowest BCUT2D eigenvalue weighted by Crippen LogP contribution is -2.30. The van der Waals surface area contributed by atoms with Crippen molar-refractivity contribution >= 4 is 17.9 Å². The van der Waals surface area contributed by atoms with Crippen LogP contribution < -0.4 is 0 Å². The van der Waals surface area contributed by atoms with Crippen LogP contribution in [0.1, 0.15) is 316 Å². The summed E-state index contributed by atoms with van der Waals surface area (Å²) in [5, 5.41) is 0. The van der Waals surface area contributed by atoms with Gasteiger partial charge in [0, 0.05) is 19.3 Å². The van der Waals surface area contributed by atoms with Gasteiger partial charge in [0.25, 0.3) is 0 Å². The van der Waals surface area contributed by atoms with Crippen LogP contribution in [0.4, 0.5) is 0 Å². The summed E-state index contributed by atoms with van der Waals surface area (Å²) in [7, 11) is 0. The summed E-state index contributed by atoms with van der Waals surface area (Å²) in [5.74, 6) is -0.840. The second-order valence-electron chi connectivity index (χ2n) is 18.9. The van der Waals surface area contributed by atoms with Crippen LogP contribution >= 0.6 is 0 Å². The summed E-state index contributed by atoms with van der Waals surface area (Å²) in [5.41, 5.74) is 0. The van der Waals surface area contributed by atoms with Crippen LogP contribution in [-0.2, 0) is 28.6 Å². The summed E-state index contributed by atoms with van der Waals surface area (Å²) < 4.78 is 16.8. The van der Waals surface area contributed by atoms with E-state index in [-0.39, 0.29) is 31.1 Å². The molecule has 61 heavy (non-hydrogen) atoms. The van der Waals surface area contributed by atoms with Crippen molar-refractivity contribution in [2.75, 3.05) is 13.2 Å². The first-order chi connectivity index (χ1) is 30.0. The first kappa shape index (κ1) is 59.4. The zero-order chi connectivity index (χ0) is 44.4. The van der Waals surface area contributed by atoms with Gasteiger partial charge in [0.05, 0.1) is 0 Å². The minimum absolute atomic E-state index is 0.0618. The molecule has 0 radical (unpaired) electrons. The molecule has 0 saturated heterocycles. The van der Waals surface area contributed by atoms with Gasteiger partial charge < -0.3 is 14.2 Å². The van der Waals surface area contributed by atoms with E-state index in [9.17, 15) is 14.4 Å². The maximum atomic E-state index is 12.7. The maximum Gasteiger partial charge on any atom is 0.306 e. The number of rotatable bonds is 51. The van der Waals surface area contributed by atoms with Crippen LogP contribution in [0, 0.1) is 0 Å². The molecule has 0 bridgehead atoms. The molecule has 6 nitrogen and oxygen atoms in total. The van der Waals surface area contributed by atoms with Gasteiger partial charge in [0.1, 0.15) is 13.2 Å². The monoisotopic (exact) mass is 863 g/mol. The van der Waals surface area contributed by atoms with Crippen molar-refractivity contribution in [3.63, 3.8) is 0 Å². The summed E-state index contributed by atoms with van der Waals surface area (Å²) >= 11 is 0. The highest BCUT2D eigenvalue weighted by molar-refractivity contribution is 5.71. The predicted octanol–water partition coefficient (Wildman–Crippen LogP) is 18.0. The van der Waals surface area contributed by atoms with Crippen molar-refractivity contribution in [3.05, 3.63) is 0 Å². The molecule has 0 aliphatic rings. The van der Waals surface area contributed by atoms with E-state index >= 15 is 0 Å². The molecule has 0 spiro atoms. The van der Waals surface area contributed by atoms with Crippen molar-refractivity contribution in [3.8, 4) is 0 Å². The third-order valence-electron chi connectivity index (χ3n) is 12.6. The second kappa shape index (κ2) is 51.0. The quantitative estimate of drug-likeness (QED) is 0.0344. The van der Waals surface area contributed by atoms with Gasteiger partial charge in [0.2, 0.25) is 0 Å². The molecular formula is C55H106O6. The van der Waals surface area contributed by atoms with Gasteiger partial charge in [-0.2, -0.15) is 0 Å². The van der Waals surface area contributed by atoms with Gasteiger partial charge >= 0.3 is 17.9 Å². The van der Waals surface area contributed by atoms with E-state index < -0.39 is 6.10 Å². The summed E-state index contributed by atoms with van der Waals surface area (Å²) in [6, 6.07) is 0. The average molecular weight is 863 g/mol. The van der Waals surface area contributed by atoms with E-state index in [2.05, 4.69) is 20.8 Å². The Hall–Kier alpha value is -1.59. The molecule has 0 rings (SSSR count). The summed E-state index contributed by atoms with van der Waals surface area (Å²) in [6.07, 6.45) is 55.2. The molecule has 0 amide bonds. The molecule has 0 aromatic heterocycles. The fraction of sp³-hybridized carbons (Fsp3) is 0.945. The van der Waals surface area contributed by atoms with Gasteiger partial charge in [-0.1, -0.05) is 278 Å². The number of carbonyl (C=O) groups is 3. The number of esters is 3. The van der Waals surface area contributed by atoms with E-state index in [0.717, 1.165) is 57.8 Å². The number of ether oxygens (including phenoxy) is 3. The Balaban J connectivity index is 4.19. The molecule has 0 aromatic carbocycles. The largest absolute Gasteiger partial charge is 0.462 e. The highest BCUT2D eigenvalue weighted by atomic mass is 16.6. The fourth-order valence-corrected chi connectivity index (χ4v) is 8.45. The van der Waals surface area contributed by atoms with Crippen LogP contribution in [0.2, 0.25) is 0 Å². The molecule has 0 N–H and O–H groups in total.